The first-order valence-corrected chi connectivity index (χ1v) is 5.63. The second-order valence-corrected chi connectivity index (χ2v) is 3.99. The van der Waals surface area contributed by atoms with Gasteiger partial charge in [0.15, 0.2) is 5.03 Å². The average Bonchev–Trinajstić information content (AvgIpc) is 2.47. The van der Waals surface area contributed by atoms with Crippen LogP contribution in [0.4, 0.5) is 0 Å². The van der Waals surface area contributed by atoms with Crippen LogP contribution in [-0.2, 0) is 9.84 Å². The minimum Gasteiger partial charge on any atom is -0.244 e. The van der Waals surface area contributed by atoms with E-state index in [2.05, 4.69) is 4.98 Å². The molecule has 1 aromatic heterocycles. The Labute approximate surface area is 78.0 Å². The Morgan fingerprint density at radius 2 is 2.00 bits per heavy atom. The maximum Gasteiger partial charge on any atom is 0.217 e. The number of aromatic nitrogens is 1. The monoisotopic (exact) mass is 197 g/mol. The summed E-state index contributed by atoms with van der Waals surface area (Å²) in [5.74, 6) is 0. The van der Waals surface area contributed by atoms with Crippen LogP contribution in [0, 0.1) is 0 Å². The van der Waals surface area contributed by atoms with Crippen LogP contribution < -0.4 is 0 Å². The van der Waals surface area contributed by atoms with Crippen LogP contribution >= 0.6 is 0 Å². The molecular weight excluding hydrogens is 186 g/mol. The van der Waals surface area contributed by atoms with E-state index in [1.807, 2.05) is 13.8 Å². The van der Waals surface area contributed by atoms with Crippen molar-refractivity contribution in [1.29, 1.82) is 0 Å². The summed E-state index contributed by atoms with van der Waals surface area (Å²) in [5.41, 5.74) is 0.674. The van der Waals surface area contributed by atoms with Crippen LogP contribution in [0.15, 0.2) is 28.8 Å². The highest BCUT2D eigenvalue weighted by Crippen LogP contribution is 2.23. The lowest BCUT2D eigenvalue weighted by Gasteiger charge is -1.93. The highest BCUT2D eigenvalue weighted by molar-refractivity contribution is 7.94. The lowest BCUT2D eigenvalue weighted by atomic mass is 10.3. The van der Waals surface area contributed by atoms with Gasteiger partial charge in [-0.05, 0) is 12.1 Å². The first kappa shape index (κ1) is 9.92. The van der Waals surface area contributed by atoms with Crippen LogP contribution in [0.3, 0.4) is 0 Å². The summed E-state index contributed by atoms with van der Waals surface area (Å²) in [6, 6.07) is 3.44. The van der Waals surface area contributed by atoms with Gasteiger partial charge in [0.1, 0.15) is 0 Å². The van der Waals surface area contributed by atoms with E-state index in [1.165, 1.54) is 11.6 Å². The zero-order chi connectivity index (χ0) is 9.90. The first-order chi connectivity index (χ1) is 6.20. The standard InChI is InChI=1S/C7H5NO2S.C2H6/c9-11(10)5-3-6-2-1-4-8-7(6)11;1-2/h1-5H;1-2H3. The quantitative estimate of drug-likeness (QED) is 0.637. The van der Waals surface area contributed by atoms with E-state index in [-0.39, 0.29) is 5.03 Å². The second-order valence-electron chi connectivity index (χ2n) is 2.25. The average molecular weight is 197 g/mol. The van der Waals surface area contributed by atoms with Gasteiger partial charge in [0.25, 0.3) is 0 Å². The summed E-state index contributed by atoms with van der Waals surface area (Å²) < 4.78 is 22.2. The number of hydrogen-bond donors (Lipinski definition) is 0. The Balaban J connectivity index is 0.000000396. The topological polar surface area (TPSA) is 47.0 Å². The molecule has 0 saturated carbocycles. The van der Waals surface area contributed by atoms with Gasteiger partial charge < -0.3 is 0 Å². The summed E-state index contributed by atoms with van der Waals surface area (Å²) in [4.78, 5) is 3.76. The maximum absolute atomic E-state index is 11.1. The number of fused-ring (bicyclic) bond motifs is 1. The van der Waals surface area contributed by atoms with Crippen LogP contribution in [0.25, 0.3) is 6.08 Å². The summed E-state index contributed by atoms with van der Waals surface area (Å²) in [5, 5.41) is 1.34. The van der Waals surface area contributed by atoms with E-state index in [1.54, 1.807) is 18.2 Å². The Hall–Kier alpha value is -1.16. The van der Waals surface area contributed by atoms with Crippen LogP contribution in [0.5, 0.6) is 0 Å². The van der Waals surface area contributed by atoms with Crippen molar-refractivity contribution >= 4 is 15.9 Å². The number of pyridine rings is 1. The number of sulfone groups is 1. The molecule has 1 aromatic rings. The van der Waals surface area contributed by atoms with Crippen molar-refractivity contribution in [3.63, 3.8) is 0 Å². The molecule has 2 rings (SSSR count). The van der Waals surface area contributed by atoms with E-state index >= 15 is 0 Å². The molecule has 13 heavy (non-hydrogen) atoms. The first-order valence-electron chi connectivity index (χ1n) is 4.08. The highest BCUT2D eigenvalue weighted by atomic mass is 32.2. The molecule has 4 heteroatoms. The Morgan fingerprint density at radius 3 is 2.62 bits per heavy atom. The third kappa shape index (κ3) is 1.78. The third-order valence-corrected chi connectivity index (χ3v) is 2.87. The molecular formula is C9H11NO2S. The van der Waals surface area contributed by atoms with Crippen molar-refractivity contribution < 1.29 is 8.42 Å². The SMILES string of the molecule is CC.O=S1(=O)C=Cc2cccnc21. The lowest BCUT2D eigenvalue weighted by molar-refractivity contribution is 0.602. The number of hydrogen-bond acceptors (Lipinski definition) is 3. The predicted molar refractivity (Wildman–Crippen MR) is 51.8 cm³/mol. The molecule has 0 atom stereocenters. The third-order valence-electron chi connectivity index (χ3n) is 1.50. The van der Waals surface area contributed by atoms with Gasteiger partial charge >= 0.3 is 0 Å². The van der Waals surface area contributed by atoms with Crippen LogP contribution in [0.1, 0.15) is 19.4 Å². The van der Waals surface area contributed by atoms with Gasteiger partial charge in [-0.2, -0.15) is 0 Å². The molecule has 70 valence electrons. The van der Waals surface area contributed by atoms with Gasteiger partial charge in [0, 0.05) is 17.2 Å². The largest absolute Gasteiger partial charge is 0.244 e. The zero-order valence-corrected chi connectivity index (χ0v) is 8.38. The van der Waals surface area contributed by atoms with Gasteiger partial charge in [0.2, 0.25) is 9.84 Å². The Kier molecular flexibility index (Phi) is 2.83. The van der Waals surface area contributed by atoms with Crippen molar-refractivity contribution in [3.8, 4) is 0 Å². The molecule has 0 fully saturated rings. The Morgan fingerprint density at radius 1 is 1.31 bits per heavy atom. The summed E-state index contributed by atoms with van der Waals surface area (Å²) >= 11 is 0. The van der Waals surface area contributed by atoms with E-state index < -0.39 is 9.84 Å². The predicted octanol–water partition coefficient (Wildman–Crippen LogP) is 1.87. The fourth-order valence-corrected chi connectivity index (χ4v) is 2.12. The molecule has 0 unspecified atom stereocenters. The van der Waals surface area contributed by atoms with Gasteiger partial charge in [-0.3, -0.25) is 0 Å². The number of nitrogens with zero attached hydrogens (tertiary/aromatic N) is 1. The molecule has 0 radical (unpaired) electrons. The number of rotatable bonds is 0. The van der Waals surface area contributed by atoms with Gasteiger partial charge in [-0.1, -0.05) is 19.9 Å². The van der Waals surface area contributed by atoms with Gasteiger partial charge in [-0.25, -0.2) is 13.4 Å². The minimum absolute atomic E-state index is 0.167. The molecule has 2 heterocycles. The molecule has 0 aromatic carbocycles. The molecule has 0 amide bonds. The second kappa shape index (κ2) is 3.70. The molecule has 0 N–H and O–H groups in total. The fourth-order valence-electron chi connectivity index (χ4n) is 0.995. The smallest absolute Gasteiger partial charge is 0.217 e. The highest BCUT2D eigenvalue weighted by Gasteiger charge is 2.20. The molecule has 1 aliphatic rings. The van der Waals surface area contributed by atoms with Crippen molar-refractivity contribution in [3.05, 3.63) is 29.3 Å². The molecule has 0 saturated heterocycles. The zero-order valence-electron chi connectivity index (χ0n) is 7.56. The van der Waals surface area contributed by atoms with E-state index in [4.69, 9.17) is 0 Å². The van der Waals surface area contributed by atoms with E-state index in [0.29, 0.717) is 5.56 Å². The van der Waals surface area contributed by atoms with Crippen molar-refractivity contribution in [2.45, 2.75) is 18.9 Å². The van der Waals surface area contributed by atoms with Crippen LogP contribution in [0.2, 0.25) is 0 Å². The van der Waals surface area contributed by atoms with Gasteiger partial charge in [0.05, 0.1) is 0 Å². The fraction of sp³-hybridized carbons (Fsp3) is 0.222. The van der Waals surface area contributed by atoms with Crippen molar-refractivity contribution in [2.24, 2.45) is 0 Å². The molecule has 0 bridgehead atoms. The Bertz CT molecular complexity index is 421. The van der Waals surface area contributed by atoms with E-state index in [9.17, 15) is 8.42 Å². The molecule has 3 nitrogen and oxygen atoms in total. The minimum atomic E-state index is -3.20. The summed E-state index contributed by atoms with van der Waals surface area (Å²) in [6.07, 6.45) is 3.03. The molecule has 0 aliphatic carbocycles. The normalized spacial score (nSPS) is 15.8. The van der Waals surface area contributed by atoms with E-state index in [0.717, 1.165) is 0 Å². The van der Waals surface area contributed by atoms with Crippen LogP contribution in [-0.4, -0.2) is 13.4 Å². The maximum atomic E-state index is 11.1. The van der Waals surface area contributed by atoms with Crippen molar-refractivity contribution in [1.82, 2.24) is 4.98 Å². The molecule has 1 aliphatic heterocycles. The molecule has 0 spiro atoms. The summed E-state index contributed by atoms with van der Waals surface area (Å²) in [7, 11) is -3.20. The van der Waals surface area contributed by atoms with Gasteiger partial charge in [-0.15, -0.1) is 0 Å². The lowest BCUT2D eigenvalue weighted by Crippen LogP contribution is -1.95. The van der Waals surface area contributed by atoms with Crippen molar-refractivity contribution in [2.75, 3.05) is 0 Å². The summed E-state index contributed by atoms with van der Waals surface area (Å²) in [6.45, 7) is 4.00.